The lowest BCUT2D eigenvalue weighted by Crippen LogP contribution is -2.04. The van der Waals surface area contributed by atoms with E-state index in [9.17, 15) is 5.26 Å². The Morgan fingerprint density at radius 3 is 2.89 bits per heavy atom. The molecule has 0 aromatic carbocycles. The van der Waals surface area contributed by atoms with Crippen LogP contribution in [0.4, 0.5) is 0 Å². The standard InChI is InChI=1S/C14H14N2S2/c1-9(2)12-6-10(3)13(18-12)7-11(8-15)14-16-4-5-17-14/h4-7,10,13H,1H2,2-3H3. The Morgan fingerprint density at radius 2 is 2.39 bits per heavy atom. The van der Waals surface area contributed by atoms with Gasteiger partial charge in [0.05, 0.1) is 5.57 Å². The van der Waals surface area contributed by atoms with Crippen LogP contribution in [-0.2, 0) is 0 Å². The van der Waals surface area contributed by atoms with Crippen molar-refractivity contribution in [2.45, 2.75) is 19.1 Å². The molecule has 0 spiro atoms. The summed E-state index contributed by atoms with van der Waals surface area (Å²) in [6.07, 6.45) is 5.99. The number of allylic oxidation sites excluding steroid dienone is 3. The zero-order chi connectivity index (χ0) is 13.1. The number of thiazole rings is 1. The fourth-order valence-corrected chi connectivity index (χ4v) is 3.63. The zero-order valence-electron chi connectivity index (χ0n) is 10.4. The smallest absolute Gasteiger partial charge is 0.133 e. The second kappa shape index (κ2) is 5.55. The Labute approximate surface area is 116 Å². The van der Waals surface area contributed by atoms with Crippen LogP contribution in [0.3, 0.4) is 0 Å². The molecule has 1 aromatic rings. The van der Waals surface area contributed by atoms with E-state index < -0.39 is 0 Å². The van der Waals surface area contributed by atoms with Gasteiger partial charge in [0.1, 0.15) is 11.1 Å². The molecule has 1 aliphatic heterocycles. The van der Waals surface area contributed by atoms with Gasteiger partial charge in [-0.2, -0.15) is 5.26 Å². The third-order valence-electron chi connectivity index (χ3n) is 2.73. The molecule has 2 nitrogen and oxygen atoms in total. The molecule has 2 unspecified atom stereocenters. The molecule has 0 bridgehead atoms. The molecular formula is C14H14N2S2. The highest BCUT2D eigenvalue weighted by Gasteiger charge is 2.24. The van der Waals surface area contributed by atoms with E-state index in [1.165, 1.54) is 16.2 Å². The van der Waals surface area contributed by atoms with Crippen molar-refractivity contribution in [3.63, 3.8) is 0 Å². The van der Waals surface area contributed by atoms with Crippen molar-refractivity contribution < 1.29 is 0 Å². The zero-order valence-corrected chi connectivity index (χ0v) is 12.0. The van der Waals surface area contributed by atoms with Crippen molar-refractivity contribution in [3.8, 4) is 6.07 Å². The van der Waals surface area contributed by atoms with E-state index in [1.807, 2.05) is 18.4 Å². The lowest BCUT2D eigenvalue weighted by Gasteiger charge is -2.10. The van der Waals surface area contributed by atoms with Gasteiger partial charge in [0.25, 0.3) is 0 Å². The summed E-state index contributed by atoms with van der Waals surface area (Å²) in [5.74, 6) is 0.421. The average molecular weight is 274 g/mol. The molecule has 0 fully saturated rings. The molecule has 1 aromatic heterocycles. The fourth-order valence-electron chi connectivity index (χ4n) is 1.73. The third kappa shape index (κ3) is 2.74. The highest BCUT2D eigenvalue weighted by Crippen LogP contribution is 2.41. The van der Waals surface area contributed by atoms with Crippen LogP contribution in [0.1, 0.15) is 18.9 Å². The summed E-state index contributed by atoms with van der Waals surface area (Å²) in [6.45, 7) is 8.16. The van der Waals surface area contributed by atoms with E-state index in [1.54, 1.807) is 18.0 Å². The summed E-state index contributed by atoms with van der Waals surface area (Å²) in [5, 5.41) is 12.2. The van der Waals surface area contributed by atoms with Crippen LogP contribution in [0.5, 0.6) is 0 Å². The predicted octanol–water partition coefficient (Wildman–Crippen LogP) is 4.26. The first-order chi connectivity index (χ1) is 8.61. The lowest BCUT2D eigenvalue weighted by molar-refractivity contribution is 0.774. The SMILES string of the molecule is C=C(C)C1=CC(C)C(C=C(C#N)c2nccs2)S1. The second-order valence-corrected chi connectivity index (χ2v) is 6.40. The molecule has 1 aliphatic rings. The number of nitriles is 1. The van der Waals surface area contributed by atoms with Crippen molar-refractivity contribution in [3.05, 3.63) is 45.8 Å². The maximum atomic E-state index is 9.22. The Kier molecular flexibility index (Phi) is 4.05. The van der Waals surface area contributed by atoms with Crippen LogP contribution in [0.15, 0.2) is 40.8 Å². The first-order valence-corrected chi connectivity index (χ1v) is 7.44. The van der Waals surface area contributed by atoms with Gasteiger partial charge in [-0.25, -0.2) is 4.98 Å². The average Bonchev–Trinajstić information content (AvgIpc) is 2.96. The second-order valence-electron chi connectivity index (χ2n) is 4.28. The van der Waals surface area contributed by atoms with Crippen molar-refractivity contribution in [1.29, 1.82) is 5.26 Å². The minimum atomic E-state index is 0.301. The summed E-state index contributed by atoms with van der Waals surface area (Å²) < 4.78 is 0. The maximum absolute atomic E-state index is 9.22. The molecule has 0 saturated heterocycles. The van der Waals surface area contributed by atoms with Gasteiger partial charge in [0, 0.05) is 21.7 Å². The van der Waals surface area contributed by atoms with E-state index in [0.717, 1.165) is 10.6 Å². The van der Waals surface area contributed by atoms with Crippen LogP contribution in [-0.4, -0.2) is 10.2 Å². The molecule has 0 saturated carbocycles. The third-order valence-corrected chi connectivity index (χ3v) is 5.11. The Bertz CT molecular complexity index is 547. The number of aromatic nitrogens is 1. The molecule has 18 heavy (non-hydrogen) atoms. The molecule has 2 rings (SSSR count). The van der Waals surface area contributed by atoms with Crippen LogP contribution in [0, 0.1) is 17.2 Å². The fraction of sp³-hybridized carbons (Fsp3) is 0.286. The Balaban J connectivity index is 2.20. The normalized spacial score (nSPS) is 23.6. The molecule has 92 valence electrons. The van der Waals surface area contributed by atoms with Gasteiger partial charge in [-0.3, -0.25) is 0 Å². The first kappa shape index (κ1) is 13.1. The van der Waals surface area contributed by atoms with Crippen LogP contribution in [0.2, 0.25) is 0 Å². The van der Waals surface area contributed by atoms with Crippen molar-refractivity contribution >= 4 is 28.7 Å². The Morgan fingerprint density at radius 1 is 1.61 bits per heavy atom. The van der Waals surface area contributed by atoms with E-state index in [4.69, 9.17) is 0 Å². The predicted molar refractivity (Wildman–Crippen MR) is 79.1 cm³/mol. The number of hydrogen-bond acceptors (Lipinski definition) is 4. The molecule has 4 heteroatoms. The van der Waals surface area contributed by atoms with Crippen LogP contribution < -0.4 is 0 Å². The van der Waals surface area contributed by atoms with Gasteiger partial charge in [-0.1, -0.05) is 19.6 Å². The van der Waals surface area contributed by atoms with Crippen molar-refractivity contribution in [2.75, 3.05) is 0 Å². The molecule has 0 amide bonds. The first-order valence-electron chi connectivity index (χ1n) is 5.68. The summed E-state index contributed by atoms with van der Waals surface area (Å²) in [6, 6.07) is 2.25. The van der Waals surface area contributed by atoms with Crippen molar-refractivity contribution in [2.24, 2.45) is 5.92 Å². The number of nitrogens with zero attached hydrogens (tertiary/aromatic N) is 2. The van der Waals surface area contributed by atoms with Gasteiger partial charge in [0.15, 0.2) is 0 Å². The van der Waals surface area contributed by atoms with E-state index in [2.05, 4.69) is 30.6 Å². The topological polar surface area (TPSA) is 36.7 Å². The number of hydrogen-bond donors (Lipinski definition) is 0. The van der Waals surface area contributed by atoms with Crippen LogP contribution >= 0.6 is 23.1 Å². The summed E-state index contributed by atoms with van der Waals surface area (Å²) in [4.78, 5) is 5.43. The quantitative estimate of drug-likeness (QED) is 0.773. The van der Waals surface area contributed by atoms with E-state index in [0.29, 0.717) is 16.7 Å². The maximum Gasteiger partial charge on any atom is 0.133 e. The molecule has 0 radical (unpaired) electrons. The summed E-state index contributed by atoms with van der Waals surface area (Å²) >= 11 is 3.28. The van der Waals surface area contributed by atoms with Gasteiger partial charge >= 0.3 is 0 Å². The summed E-state index contributed by atoms with van der Waals surface area (Å²) in [7, 11) is 0. The van der Waals surface area contributed by atoms with Gasteiger partial charge in [0.2, 0.25) is 0 Å². The molecule has 2 atom stereocenters. The minimum Gasteiger partial charge on any atom is -0.244 e. The summed E-state index contributed by atoms with van der Waals surface area (Å²) in [5.41, 5.74) is 1.77. The highest BCUT2D eigenvalue weighted by molar-refractivity contribution is 8.04. The molecule has 0 N–H and O–H groups in total. The monoisotopic (exact) mass is 274 g/mol. The molecule has 0 aliphatic carbocycles. The molecular weight excluding hydrogens is 260 g/mol. The van der Waals surface area contributed by atoms with Gasteiger partial charge < -0.3 is 0 Å². The molecule has 2 heterocycles. The van der Waals surface area contributed by atoms with Gasteiger partial charge in [-0.15, -0.1) is 23.1 Å². The Hall–Kier alpha value is -1.31. The highest BCUT2D eigenvalue weighted by atomic mass is 32.2. The van der Waals surface area contributed by atoms with E-state index >= 15 is 0 Å². The number of thioether (sulfide) groups is 1. The lowest BCUT2D eigenvalue weighted by atomic mass is 10.0. The minimum absolute atomic E-state index is 0.301. The van der Waals surface area contributed by atoms with Gasteiger partial charge in [-0.05, 0) is 24.5 Å². The largest absolute Gasteiger partial charge is 0.244 e. The number of rotatable bonds is 3. The van der Waals surface area contributed by atoms with Crippen LogP contribution in [0.25, 0.3) is 5.57 Å². The van der Waals surface area contributed by atoms with E-state index in [-0.39, 0.29) is 0 Å². The van der Waals surface area contributed by atoms with Crippen molar-refractivity contribution in [1.82, 2.24) is 4.98 Å².